The van der Waals surface area contributed by atoms with Crippen molar-refractivity contribution in [3.8, 4) is 28.7 Å². The zero-order chi connectivity index (χ0) is 37.3. The molecule has 0 N–H and O–H groups in total. The van der Waals surface area contributed by atoms with Gasteiger partial charge in [0, 0.05) is 47.3 Å². The van der Waals surface area contributed by atoms with E-state index in [1.807, 2.05) is 6.20 Å². The second kappa shape index (κ2) is 12.5. The molecule has 0 saturated heterocycles. The summed E-state index contributed by atoms with van der Waals surface area (Å²) in [7, 11) is 0. The summed E-state index contributed by atoms with van der Waals surface area (Å²) in [6, 6.07) is 43.4. The van der Waals surface area contributed by atoms with Crippen LogP contribution in [0.3, 0.4) is 0 Å². The van der Waals surface area contributed by atoms with Gasteiger partial charge in [0.15, 0.2) is 17.4 Å². The van der Waals surface area contributed by atoms with Gasteiger partial charge >= 0.3 is 0 Å². The first kappa shape index (κ1) is 34.4. The lowest BCUT2D eigenvalue weighted by Crippen LogP contribution is -2.12. The Morgan fingerprint density at radius 2 is 1.11 bits per heavy atom. The quantitative estimate of drug-likeness (QED) is 0.168. The van der Waals surface area contributed by atoms with Crippen LogP contribution in [0.5, 0.6) is 11.5 Å². The van der Waals surface area contributed by atoms with E-state index in [4.69, 9.17) is 9.72 Å². The molecule has 0 bridgehead atoms. The Labute approximate surface area is 313 Å². The third-order valence-electron chi connectivity index (χ3n) is 10.4. The van der Waals surface area contributed by atoms with Crippen LogP contribution in [-0.2, 0) is 16.2 Å². The van der Waals surface area contributed by atoms with Gasteiger partial charge < -0.3 is 4.74 Å². The average molecular weight is 698 g/mol. The molecule has 0 fully saturated rings. The first-order valence-corrected chi connectivity index (χ1v) is 18.6. The van der Waals surface area contributed by atoms with E-state index in [0.717, 1.165) is 50.8 Å². The number of hydrogen-bond acceptors (Lipinski definition) is 2. The molecule has 8 rings (SSSR count). The summed E-state index contributed by atoms with van der Waals surface area (Å²) in [4.78, 5) is 4.93. The van der Waals surface area contributed by atoms with Crippen molar-refractivity contribution in [3.63, 3.8) is 0 Å². The highest BCUT2D eigenvalue weighted by molar-refractivity contribution is 6.09. The summed E-state index contributed by atoms with van der Waals surface area (Å²) in [6.07, 6.45) is 4.12. The average Bonchev–Trinajstić information content (AvgIpc) is 3.67. The summed E-state index contributed by atoms with van der Waals surface area (Å²) in [6.45, 7) is 20.3. The topological polar surface area (TPSA) is 36.9 Å². The van der Waals surface area contributed by atoms with Crippen molar-refractivity contribution >= 4 is 32.8 Å². The van der Waals surface area contributed by atoms with E-state index in [9.17, 15) is 0 Å². The Balaban J connectivity index is 1.29. The molecule has 8 aromatic rings. The molecule has 0 unspecified atom stereocenters. The molecule has 53 heavy (non-hydrogen) atoms. The maximum absolute atomic E-state index is 6.88. The number of fused-ring (bicyclic) bond motifs is 4. The van der Waals surface area contributed by atoms with Crippen molar-refractivity contribution in [2.45, 2.75) is 78.6 Å². The molecule has 0 aliphatic rings. The highest BCUT2D eigenvalue weighted by Gasteiger charge is 2.24. The van der Waals surface area contributed by atoms with Crippen molar-refractivity contribution in [1.82, 2.24) is 18.7 Å². The predicted octanol–water partition coefficient (Wildman–Crippen LogP) is 12.9. The van der Waals surface area contributed by atoms with Crippen LogP contribution in [0.4, 0.5) is 0 Å². The highest BCUT2D eigenvalue weighted by atomic mass is 16.5. The van der Waals surface area contributed by atoms with Gasteiger partial charge in [0.05, 0.1) is 11.0 Å². The zero-order valence-corrected chi connectivity index (χ0v) is 32.4. The van der Waals surface area contributed by atoms with E-state index in [1.165, 1.54) is 27.5 Å². The fourth-order valence-electron chi connectivity index (χ4n) is 7.25. The van der Waals surface area contributed by atoms with Gasteiger partial charge in [0.2, 0.25) is 0 Å². The highest BCUT2D eigenvalue weighted by Crippen LogP contribution is 2.39. The first-order chi connectivity index (χ1) is 25.1. The van der Waals surface area contributed by atoms with Gasteiger partial charge in [-0.15, -0.1) is 0 Å². The summed E-state index contributed by atoms with van der Waals surface area (Å²) in [5.41, 5.74) is 10.3. The van der Waals surface area contributed by atoms with Crippen LogP contribution in [0.1, 0.15) is 79.0 Å². The van der Waals surface area contributed by atoms with E-state index >= 15 is 0 Å². The molecule has 3 aromatic heterocycles. The molecular formula is C48H49N4O+. The Morgan fingerprint density at radius 1 is 0.472 bits per heavy atom. The van der Waals surface area contributed by atoms with Gasteiger partial charge in [0.25, 0.3) is 0 Å². The van der Waals surface area contributed by atoms with E-state index in [2.05, 4.69) is 204 Å². The first-order valence-electron chi connectivity index (χ1n) is 18.6. The van der Waals surface area contributed by atoms with E-state index in [1.54, 1.807) is 0 Å². The molecule has 5 aromatic carbocycles. The van der Waals surface area contributed by atoms with Gasteiger partial charge in [-0.25, -0.2) is 4.98 Å². The van der Waals surface area contributed by atoms with Crippen molar-refractivity contribution in [3.05, 3.63) is 151 Å². The molecule has 5 heteroatoms. The zero-order valence-electron chi connectivity index (χ0n) is 32.4. The van der Waals surface area contributed by atoms with E-state index in [0.29, 0.717) is 0 Å². The number of hydrogen-bond donors (Lipinski definition) is 0. The molecular weight excluding hydrogens is 649 g/mol. The third-order valence-corrected chi connectivity index (χ3v) is 10.4. The lowest BCUT2D eigenvalue weighted by Gasteiger charge is -2.21. The molecule has 0 saturated carbocycles. The van der Waals surface area contributed by atoms with Crippen molar-refractivity contribution in [2.24, 2.45) is 0 Å². The second-order valence-corrected chi connectivity index (χ2v) is 17.4. The summed E-state index contributed by atoms with van der Waals surface area (Å²) >= 11 is 0. The molecule has 0 atom stereocenters. The number of imidazole rings is 1. The fraction of sp³-hybridized carbons (Fsp3) is 0.250. The van der Waals surface area contributed by atoms with Crippen LogP contribution >= 0.6 is 0 Å². The minimum absolute atomic E-state index is 0.00862. The molecule has 0 radical (unpaired) electrons. The molecule has 266 valence electrons. The smallest absolute Gasteiger partial charge is 0.168 e. The minimum Gasteiger partial charge on any atom is -0.456 e. The van der Waals surface area contributed by atoms with Crippen molar-refractivity contribution < 1.29 is 4.74 Å². The number of para-hydroxylation sites is 3. The minimum atomic E-state index is -0.0998. The summed E-state index contributed by atoms with van der Waals surface area (Å²) in [5.74, 6) is 2.47. The van der Waals surface area contributed by atoms with E-state index in [-0.39, 0.29) is 16.2 Å². The van der Waals surface area contributed by atoms with E-state index < -0.39 is 0 Å². The predicted molar refractivity (Wildman–Crippen MR) is 222 cm³/mol. The molecule has 3 heterocycles. The number of pyridine rings is 1. The molecule has 0 aliphatic carbocycles. The molecule has 5 nitrogen and oxygen atoms in total. The number of aromatic nitrogens is 4. The Kier molecular flexibility index (Phi) is 8.10. The SMILES string of the molecule is CC(C)(C)c1cc(Oc2ccc3c4cc(C(C)(C)C)ccc4n(-c4cc(C(C)(C)C)ccn4)c3c2)cc(-n2[cH+]n(-c3ccccc3)c3ccccc32)c1. The van der Waals surface area contributed by atoms with Gasteiger partial charge in [-0.1, -0.05) is 98.7 Å². The summed E-state index contributed by atoms with van der Waals surface area (Å²) < 4.78 is 13.7. The molecule has 0 amide bonds. The number of benzene rings is 5. The largest absolute Gasteiger partial charge is 0.456 e. The number of ether oxygens (including phenoxy) is 1. The molecule has 0 spiro atoms. The Hall–Kier alpha value is -5.68. The maximum atomic E-state index is 6.88. The standard InChI is InChI=1S/C48H49N4O/c1-46(2,3)32-19-22-41-40(27-32)39-21-20-37(30-44(39)52(41)45-28-33(23-24-49-45)47(4,5)6)53-38-26-34(48(7,8)9)25-36(29-38)51-31-50(35-15-11-10-12-16-35)42-17-13-14-18-43(42)51/h10-31H,1-9H3/q+1. The van der Waals surface area contributed by atoms with Crippen LogP contribution < -0.4 is 4.74 Å². The van der Waals surface area contributed by atoms with Gasteiger partial charge in [0.1, 0.15) is 28.7 Å². The van der Waals surface area contributed by atoms with Crippen LogP contribution in [0.15, 0.2) is 134 Å². The number of nitrogens with zero attached hydrogens (tertiary/aromatic N) is 4. The Bertz CT molecular complexity index is 2640. The van der Waals surface area contributed by atoms with Crippen molar-refractivity contribution in [1.29, 1.82) is 0 Å². The van der Waals surface area contributed by atoms with Crippen molar-refractivity contribution in [2.75, 3.05) is 0 Å². The number of rotatable bonds is 5. The van der Waals surface area contributed by atoms with Gasteiger partial charge in [-0.05, 0) is 87.5 Å². The summed E-state index contributed by atoms with van der Waals surface area (Å²) in [5, 5.41) is 2.39. The third kappa shape index (κ3) is 6.39. The van der Waals surface area contributed by atoms with Crippen LogP contribution in [0, 0.1) is 0 Å². The van der Waals surface area contributed by atoms with Gasteiger partial charge in [-0.2, -0.15) is 9.13 Å². The monoisotopic (exact) mass is 697 g/mol. The van der Waals surface area contributed by atoms with Crippen LogP contribution in [0.25, 0.3) is 50.0 Å². The molecule has 0 aliphatic heterocycles. The normalized spacial score (nSPS) is 12.6. The van der Waals surface area contributed by atoms with Crippen LogP contribution in [0.2, 0.25) is 0 Å². The second-order valence-electron chi connectivity index (χ2n) is 17.4. The fourth-order valence-corrected chi connectivity index (χ4v) is 7.25. The lowest BCUT2D eigenvalue weighted by atomic mass is 9.86. The van der Waals surface area contributed by atoms with Crippen LogP contribution in [-0.4, -0.2) is 18.7 Å². The maximum Gasteiger partial charge on any atom is 0.168 e. The van der Waals surface area contributed by atoms with Gasteiger partial charge in [-0.3, -0.25) is 4.57 Å². The lowest BCUT2D eigenvalue weighted by molar-refractivity contribution is 0.479. The Morgan fingerprint density at radius 3 is 1.79 bits per heavy atom.